The van der Waals surface area contributed by atoms with Crippen molar-refractivity contribution in [2.75, 3.05) is 19.6 Å². The van der Waals surface area contributed by atoms with Crippen LogP contribution in [0.15, 0.2) is 34.9 Å². The molecule has 2 heterocycles. The van der Waals surface area contributed by atoms with Gasteiger partial charge in [0.15, 0.2) is 0 Å². The fourth-order valence-electron chi connectivity index (χ4n) is 2.65. The first-order chi connectivity index (χ1) is 9.09. The van der Waals surface area contributed by atoms with E-state index in [-0.39, 0.29) is 11.4 Å². The topological polar surface area (TPSA) is 45.5 Å². The molecule has 4 heteroatoms. The van der Waals surface area contributed by atoms with Crippen LogP contribution >= 0.6 is 0 Å². The second-order valence-corrected chi connectivity index (χ2v) is 5.59. The zero-order valence-corrected chi connectivity index (χ0v) is 11.3. The van der Waals surface area contributed by atoms with Crippen LogP contribution in [0.5, 0.6) is 0 Å². The van der Waals surface area contributed by atoms with Crippen molar-refractivity contribution in [1.29, 1.82) is 0 Å². The first-order valence-corrected chi connectivity index (χ1v) is 6.58. The van der Waals surface area contributed by atoms with E-state index in [1.165, 1.54) is 0 Å². The van der Waals surface area contributed by atoms with E-state index in [0.29, 0.717) is 5.56 Å². The quantitative estimate of drug-likeness (QED) is 0.853. The molecule has 1 aromatic heterocycles. The van der Waals surface area contributed by atoms with Crippen LogP contribution in [0.4, 0.5) is 0 Å². The van der Waals surface area contributed by atoms with Gasteiger partial charge in [0.25, 0.3) is 5.91 Å². The van der Waals surface area contributed by atoms with Crippen LogP contribution in [0.3, 0.4) is 0 Å². The summed E-state index contributed by atoms with van der Waals surface area (Å²) in [7, 11) is 0. The maximum atomic E-state index is 12.7. The van der Waals surface area contributed by atoms with Crippen molar-refractivity contribution in [3.8, 4) is 0 Å². The summed E-state index contributed by atoms with van der Waals surface area (Å²) < 4.78 is 5.47. The van der Waals surface area contributed by atoms with Crippen molar-refractivity contribution < 1.29 is 9.21 Å². The standard InChI is InChI=1S/C15H18N2O2/c1-15(2)10-16-7-8-17(15)14(18)12-9-19-13-6-4-3-5-11(12)13/h3-6,9,16H,7-8,10H2,1-2H3. The van der Waals surface area contributed by atoms with E-state index in [0.717, 1.165) is 30.6 Å². The third-order valence-corrected chi connectivity index (χ3v) is 3.76. The molecule has 3 rings (SSSR count). The molecular weight excluding hydrogens is 240 g/mol. The molecule has 0 aliphatic carbocycles. The minimum absolute atomic E-state index is 0.0523. The molecule has 0 radical (unpaired) electrons. The minimum Gasteiger partial charge on any atom is -0.463 e. The molecule has 1 aromatic carbocycles. The fourth-order valence-corrected chi connectivity index (χ4v) is 2.65. The Kier molecular flexibility index (Phi) is 2.82. The van der Waals surface area contributed by atoms with E-state index in [1.807, 2.05) is 29.2 Å². The number of fused-ring (bicyclic) bond motifs is 1. The van der Waals surface area contributed by atoms with Crippen molar-refractivity contribution in [2.24, 2.45) is 0 Å². The van der Waals surface area contributed by atoms with E-state index in [9.17, 15) is 4.79 Å². The first-order valence-electron chi connectivity index (χ1n) is 6.58. The van der Waals surface area contributed by atoms with Crippen molar-refractivity contribution >= 4 is 16.9 Å². The molecule has 1 aliphatic rings. The number of amides is 1. The van der Waals surface area contributed by atoms with Crippen LogP contribution in [0.25, 0.3) is 11.0 Å². The van der Waals surface area contributed by atoms with Gasteiger partial charge in [0, 0.05) is 25.0 Å². The summed E-state index contributed by atoms with van der Waals surface area (Å²) in [5.74, 6) is 0.0523. The van der Waals surface area contributed by atoms with Gasteiger partial charge in [0.1, 0.15) is 11.8 Å². The molecule has 0 unspecified atom stereocenters. The number of nitrogens with zero attached hydrogens (tertiary/aromatic N) is 1. The summed E-state index contributed by atoms with van der Waals surface area (Å²) in [6.07, 6.45) is 1.57. The highest BCUT2D eigenvalue weighted by Crippen LogP contribution is 2.25. The van der Waals surface area contributed by atoms with Gasteiger partial charge in [-0.25, -0.2) is 0 Å². The largest absolute Gasteiger partial charge is 0.463 e. The lowest BCUT2D eigenvalue weighted by molar-refractivity contribution is 0.0478. The molecule has 19 heavy (non-hydrogen) atoms. The van der Waals surface area contributed by atoms with Crippen LogP contribution in [0.1, 0.15) is 24.2 Å². The lowest BCUT2D eigenvalue weighted by Gasteiger charge is -2.42. The van der Waals surface area contributed by atoms with Gasteiger partial charge >= 0.3 is 0 Å². The Hall–Kier alpha value is -1.81. The zero-order chi connectivity index (χ0) is 13.5. The fraction of sp³-hybridized carbons (Fsp3) is 0.400. The maximum Gasteiger partial charge on any atom is 0.258 e. The smallest absolute Gasteiger partial charge is 0.258 e. The average Bonchev–Trinajstić information content (AvgIpc) is 2.81. The van der Waals surface area contributed by atoms with Crippen molar-refractivity contribution in [3.05, 3.63) is 36.1 Å². The molecular formula is C15H18N2O2. The van der Waals surface area contributed by atoms with E-state index in [4.69, 9.17) is 4.42 Å². The second kappa shape index (κ2) is 4.38. The second-order valence-electron chi connectivity index (χ2n) is 5.59. The Morgan fingerprint density at radius 3 is 2.95 bits per heavy atom. The molecule has 0 bridgehead atoms. The average molecular weight is 258 g/mol. The molecule has 0 spiro atoms. The molecule has 0 atom stereocenters. The molecule has 1 aliphatic heterocycles. The Labute approximate surface area is 112 Å². The Morgan fingerprint density at radius 2 is 2.16 bits per heavy atom. The Bertz CT molecular complexity index is 615. The molecule has 2 aromatic rings. The van der Waals surface area contributed by atoms with E-state index < -0.39 is 0 Å². The van der Waals surface area contributed by atoms with Gasteiger partial charge in [-0.05, 0) is 19.9 Å². The molecule has 1 N–H and O–H groups in total. The van der Waals surface area contributed by atoms with Gasteiger partial charge < -0.3 is 14.6 Å². The van der Waals surface area contributed by atoms with Gasteiger partial charge in [0.2, 0.25) is 0 Å². The third kappa shape index (κ3) is 2.02. The van der Waals surface area contributed by atoms with Crippen molar-refractivity contribution in [2.45, 2.75) is 19.4 Å². The number of nitrogens with one attached hydrogen (secondary N) is 1. The highest BCUT2D eigenvalue weighted by molar-refractivity contribution is 6.06. The van der Waals surface area contributed by atoms with Crippen LogP contribution < -0.4 is 5.32 Å². The molecule has 1 saturated heterocycles. The summed E-state index contributed by atoms with van der Waals surface area (Å²) in [4.78, 5) is 14.7. The summed E-state index contributed by atoms with van der Waals surface area (Å²) in [5.41, 5.74) is 1.25. The predicted molar refractivity (Wildman–Crippen MR) is 74.2 cm³/mol. The first kappa shape index (κ1) is 12.2. The Morgan fingerprint density at radius 1 is 1.37 bits per heavy atom. The van der Waals surface area contributed by atoms with Crippen LogP contribution in [-0.2, 0) is 0 Å². The third-order valence-electron chi connectivity index (χ3n) is 3.76. The lowest BCUT2D eigenvalue weighted by atomic mass is 9.98. The van der Waals surface area contributed by atoms with E-state index >= 15 is 0 Å². The predicted octanol–water partition coefficient (Wildman–Crippen LogP) is 2.26. The number of hydrogen-bond acceptors (Lipinski definition) is 3. The van der Waals surface area contributed by atoms with Crippen molar-refractivity contribution in [3.63, 3.8) is 0 Å². The molecule has 1 amide bonds. The van der Waals surface area contributed by atoms with Gasteiger partial charge in [0.05, 0.1) is 11.1 Å². The summed E-state index contributed by atoms with van der Waals surface area (Å²) in [6, 6.07) is 7.66. The normalized spacial score (nSPS) is 18.7. The number of benzene rings is 1. The SMILES string of the molecule is CC1(C)CNCCN1C(=O)c1coc2ccccc12. The van der Waals surface area contributed by atoms with Crippen LogP contribution in [-0.4, -0.2) is 36.0 Å². The van der Waals surface area contributed by atoms with E-state index in [1.54, 1.807) is 6.26 Å². The maximum absolute atomic E-state index is 12.7. The van der Waals surface area contributed by atoms with Gasteiger partial charge in [-0.1, -0.05) is 18.2 Å². The van der Waals surface area contributed by atoms with Crippen LogP contribution in [0.2, 0.25) is 0 Å². The summed E-state index contributed by atoms with van der Waals surface area (Å²) in [6.45, 7) is 6.55. The molecule has 0 saturated carbocycles. The van der Waals surface area contributed by atoms with Gasteiger partial charge in [-0.2, -0.15) is 0 Å². The highest BCUT2D eigenvalue weighted by Gasteiger charge is 2.34. The zero-order valence-electron chi connectivity index (χ0n) is 11.3. The number of piperazine rings is 1. The number of para-hydroxylation sites is 1. The highest BCUT2D eigenvalue weighted by atomic mass is 16.3. The van der Waals surface area contributed by atoms with E-state index in [2.05, 4.69) is 19.2 Å². The molecule has 100 valence electrons. The number of carbonyl (C=O) groups is 1. The molecule has 1 fully saturated rings. The number of furan rings is 1. The molecule has 4 nitrogen and oxygen atoms in total. The number of hydrogen-bond donors (Lipinski definition) is 1. The lowest BCUT2D eigenvalue weighted by Crippen LogP contribution is -2.59. The summed E-state index contributed by atoms with van der Waals surface area (Å²) >= 11 is 0. The monoisotopic (exact) mass is 258 g/mol. The minimum atomic E-state index is -0.173. The van der Waals surface area contributed by atoms with Gasteiger partial charge in [-0.3, -0.25) is 4.79 Å². The number of carbonyl (C=O) groups excluding carboxylic acids is 1. The summed E-state index contributed by atoms with van der Waals surface area (Å²) in [5, 5.41) is 4.22. The van der Waals surface area contributed by atoms with Crippen LogP contribution in [0, 0.1) is 0 Å². The van der Waals surface area contributed by atoms with Gasteiger partial charge in [-0.15, -0.1) is 0 Å². The van der Waals surface area contributed by atoms with Crippen molar-refractivity contribution in [1.82, 2.24) is 10.2 Å². The number of rotatable bonds is 1. The Balaban J connectivity index is 1.99.